The Labute approximate surface area is 157 Å². The molecule has 2 aromatic carbocycles. The van der Waals surface area contributed by atoms with Gasteiger partial charge in [-0.05, 0) is 60.4 Å². The van der Waals surface area contributed by atoms with Crippen LogP contribution in [0.4, 0.5) is 0 Å². The minimum Gasteiger partial charge on any atom is -0.467 e. The molecule has 136 valence electrons. The highest BCUT2D eigenvalue weighted by atomic mass is 16.4. The van der Waals surface area contributed by atoms with Gasteiger partial charge in [-0.1, -0.05) is 30.3 Å². The standard InChI is InChI=1S/C23H21NO3/c1-15-11-19-18(13-22(25)27-21(19)12-16(15)2)14-24-23(20-9-6-10-26-20)17-7-4-3-5-8-17/h3-13,23-24H,14H2,1-2H3/t23-/m0/s1. The maximum atomic E-state index is 12.0. The second-order valence-corrected chi connectivity index (χ2v) is 6.76. The molecular weight excluding hydrogens is 338 g/mol. The van der Waals surface area contributed by atoms with Gasteiger partial charge in [0.05, 0.1) is 12.3 Å². The molecule has 4 rings (SSSR count). The number of hydrogen-bond acceptors (Lipinski definition) is 4. The van der Waals surface area contributed by atoms with Crippen molar-refractivity contribution in [3.63, 3.8) is 0 Å². The van der Waals surface area contributed by atoms with E-state index in [1.807, 2.05) is 43.3 Å². The number of hydrogen-bond donors (Lipinski definition) is 1. The summed E-state index contributed by atoms with van der Waals surface area (Å²) in [5.74, 6) is 0.834. The number of furan rings is 1. The average molecular weight is 359 g/mol. The molecule has 2 aromatic heterocycles. The molecule has 1 atom stereocenters. The van der Waals surface area contributed by atoms with Crippen LogP contribution in [-0.4, -0.2) is 0 Å². The van der Waals surface area contributed by atoms with Crippen LogP contribution in [0.15, 0.2) is 80.6 Å². The van der Waals surface area contributed by atoms with Crippen molar-refractivity contribution in [1.82, 2.24) is 5.32 Å². The summed E-state index contributed by atoms with van der Waals surface area (Å²) in [5, 5.41) is 4.49. The van der Waals surface area contributed by atoms with E-state index < -0.39 is 0 Å². The van der Waals surface area contributed by atoms with Crippen LogP contribution >= 0.6 is 0 Å². The van der Waals surface area contributed by atoms with Gasteiger partial charge in [0.1, 0.15) is 11.3 Å². The molecule has 0 unspecified atom stereocenters. The van der Waals surface area contributed by atoms with Gasteiger partial charge in [-0.2, -0.15) is 0 Å². The van der Waals surface area contributed by atoms with Crippen molar-refractivity contribution >= 4 is 11.0 Å². The highest BCUT2D eigenvalue weighted by molar-refractivity contribution is 5.81. The zero-order chi connectivity index (χ0) is 18.8. The van der Waals surface area contributed by atoms with Gasteiger partial charge in [0.2, 0.25) is 0 Å². The lowest BCUT2D eigenvalue weighted by molar-refractivity contribution is 0.445. The minimum absolute atomic E-state index is 0.102. The molecule has 0 bridgehead atoms. The number of benzene rings is 2. The van der Waals surface area contributed by atoms with Crippen molar-refractivity contribution in [1.29, 1.82) is 0 Å². The smallest absolute Gasteiger partial charge is 0.336 e. The van der Waals surface area contributed by atoms with Crippen LogP contribution in [0.5, 0.6) is 0 Å². The van der Waals surface area contributed by atoms with Crippen LogP contribution in [-0.2, 0) is 6.54 Å². The number of nitrogens with one attached hydrogen (secondary N) is 1. The SMILES string of the molecule is Cc1cc2oc(=O)cc(CN[C@@H](c3ccccc3)c3ccco3)c2cc1C. The number of fused-ring (bicyclic) bond motifs is 1. The molecule has 0 aliphatic rings. The molecule has 0 aliphatic carbocycles. The second-order valence-electron chi connectivity index (χ2n) is 6.76. The van der Waals surface area contributed by atoms with Gasteiger partial charge in [-0.15, -0.1) is 0 Å². The maximum absolute atomic E-state index is 12.0. The lowest BCUT2D eigenvalue weighted by atomic mass is 10.0. The van der Waals surface area contributed by atoms with E-state index in [-0.39, 0.29) is 11.7 Å². The van der Waals surface area contributed by atoms with E-state index in [0.717, 1.165) is 27.8 Å². The third kappa shape index (κ3) is 3.57. The van der Waals surface area contributed by atoms with E-state index in [0.29, 0.717) is 12.1 Å². The molecule has 0 fully saturated rings. The van der Waals surface area contributed by atoms with Crippen molar-refractivity contribution in [2.24, 2.45) is 0 Å². The Balaban J connectivity index is 1.71. The number of aryl methyl sites for hydroxylation is 2. The summed E-state index contributed by atoms with van der Waals surface area (Å²) in [6.45, 7) is 4.60. The van der Waals surface area contributed by atoms with Crippen LogP contribution in [0, 0.1) is 13.8 Å². The molecule has 4 nitrogen and oxygen atoms in total. The first-order chi connectivity index (χ1) is 13.1. The summed E-state index contributed by atoms with van der Waals surface area (Å²) in [4.78, 5) is 12.0. The van der Waals surface area contributed by atoms with E-state index >= 15 is 0 Å². The Morgan fingerprint density at radius 1 is 0.963 bits per heavy atom. The van der Waals surface area contributed by atoms with Crippen molar-refractivity contribution in [2.75, 3.05) is 0 Å². The lowest BCUT2D eigenvalue weighted by Crippen LogP contribution is -2.22. The summed E-state index contributed by atoms with van der Waals surface area (Å²) in [6, 6.07) is 19.4. The van der Waals surface area contributed by atoms with Gasteiger partial charge in [0.25, 0.3) is 0 Å². The molecule has 2 heterocycles. The van der Waals surface area contributed by atoms with E-state index in [2.05, 4.69) is 30.4 Å². The zero-order valence-corrected chi connectivity index (χ0v) is 15.4. The predicted octanol–water partition coefficient (Wildman–Crippen LogP) is 4.88. The molecule has 0 radical (unpaired) electrons. The Morgan fingerprint density at radius 2 is 1.74 bits per heavy atom. The fourth-order valence-electron chi connectivity index (χ4n) is 3.32. The van der Waals surface area contributed by atoms with E-state index in [1.54, 1.807) is 12.3 Å². The minimum atomic E-state index is -0.336. The Kier molecular flexibility index (Phi) is 4.65. The molecule has 4 heteroatoms. The van der Waals surface area contributed by atoms with E-state index in [9.17, 15) is 4.79 Å². The molecule has 0 saturated carbocycles. The highest BCUT2D eigenvalue weighted by Crippen LogP contribution is 2.25. The normalized spacial score (nSPS) is 12.4. The largest absolute Gasteiger partial charge is 0.467 e. The third-order valence-corrected chi connectivity index (χ3v) is 4.90. The van der Waals surface area contributed by atoms with Gasteiger partial charge in [0.15, 0.2) is 0 Å². The molecule has 0 spiro atoms. The fourth-order valence-corrected chi connectivity index (χ4v) is 3.32. The van der Waals surface area contributed by atoms with Gasteiger partial charge >= 0.3 is 5.63 Å². The van der Waals surface area contributed by atoms with Crippen molar-refractivity contribution in [3.8, 4) is 0 Å². The zero-order valence-electron chi connectivity index (χ0n) is 15.4. The second kappa shape index (κ2) is 7.25. The summed E-state index contributed by atoms with van der Waals surface area (Å²) in [5.41, 5.74) is 4.58. The summed E-state index contributed by atoms with van der Waals surface area (Å²) in [6.07, 6.45) is 1.67. The molecule has 1 N–H and O–H groups in total. The molecule has 27 heavy (non-hydrogen) atoms. The van der Waals surface area contributed by atoms with Crippen LogP contribution < -0.4 is 10.9 Å². The Hall–Kier alpha value is -3.11. The van der Waals surface area contributed by atoms with E-state index in [1.165, 1.54) is 5.56 Å². The highest BCUT2D eigenvalue weighted by Gasteiger charge is 2.17. The van der Waals surface area contributed by atoms with Crippen LogP contribution in [0.25, 0.3) is 11.0 Å². The molecular formula is C23H21NO3. The van der Waals surface area contributed by atoms with Gasteiger partial charge < -0.3 is 8.83 Å². The van der Waals surface area contributed by atoms with Crippen LogP contribution in [0.3, 0.4) is 0 Å². The summed E-state index contributed by atoms with van der Waals surface area (Å²) < 4.78 is 11.0. The van der Waals surface area contributed by atoms with Crippen molar-refractivity contribution in [2.45, 2.75) is 26.4 Å². The van der Waals surface area contributed by atoms with Gasteiger partial charge in [-0.3, -0.25) is 5.32 Å². The van der Waals surface area contributed by atoms with Crippen molar-refractivity contribution in [3.05, 3.63) is 105 Å². The average Bonchev–Trinajstić information content (AvgIpc) is 3.19. The molecule has 0 amide bonds. The summed E-state index contributed by atoms with van der Waals surface area (Å²) >= 11 is 0. The van der Waals surface area contributed by atoms with Crippen molar-refractivity contribution < 1.29 is 8.83 Å². The van der Waals surface area contributed by atoms with E-state index in [4.69, 9.17) is 8.83 Å². The first kappa shape index (κ1) is 17.3. The third-order valence-electron chi connectivity index (χ3n) is 4.90. The predicted molar refractivity (Wildman–Crippen MR) is 106 cm³/mol. The van der Waals surface area contributed by atoms with Crippen LogP contribution in [0.2, 0.25) is 0 Å². The number of rotatable bonds is 5. The fraction of sp³-hybridized carbons (Fsp3) is 0.174. The maximum Gasteiger partial charge on any atom is 0.336 e. The lowest BCUT2D eigenvalue weighted by Gasteiger charge is -2.18. The summed E-state index contributed by atoms with van der Waals surface area (Å²) in [7, 11) is 0. The quantitative estimate of drug-likeness (QED) is 0.516. The first-order valence-corrected chi connectivity index (χ1v) is 8.97. The molecule has 4 aromatic rings. The topological polar surface area (TPSA) is 55.4 Å². The monoisotopic (exact) mass is 359 g/mol. The van der Waals surface area contributed by atoms with Gasteiger partial charge in [0, 0.05) is 18.0 Å². The van der Waals surface area contributed by atoms with Crippen LogP contribution in [0.1, 0.15) is 34.1 Å². The van der Waals surface area contributed by atoms with Gasteiger partial charge in [-0.25, -0.2) is 4.79 Å². The Bertz CT molecular complexity index is 1110. The molecule has 0 aliphatic heterocycles. The molecule has 0 saturated heterocycles. The Morgan fingerprint density at radius 3 is 2.48 bits per heavy atom. The first-order valence-electron chi connectivity index (χ1n) is 8.97.